The Balaban J connectivity index is 1.22. The van der Waals surface area contributed by atoms with Crippen LogP contribution < -0.4 is 0 Å². The smallest absolute Gasteiger partial charge is 0.163 e. The second kappa shape index (κ2) is 12.5. The van der Waals surface area contributed by atoms with Crippen LogP contribution in [0.1, 0.15) is 45.2 Å². The molecule has 1 atom stereocenters. The second-order valence-electron chi connectivity index (χ2n) is 14.4. The summed E-state index contributed by atoms with van der Waals surface area (Å²) in [6.07, 6.45) is 1.94. The molecule has 1 aliphatic heterocycles. The lowest BCUT2D eigenvalue weighted by molar-refractivity contribution is 0.723. The van der Waals surface area contributed by atoms with Gasteiger partial charge in [0.25, 0.3) is 0 Å². The summed E-state index contributed by atoms with van der Waals surface area (Å²) in [4.78, 5) is 21.3. The molecule has 6 aromatic carbocycles. The highest BCUT2D eigenvalue weighted by Crippen LogP contribution is 2.63. The van der Waals surface area contributed by atoms with Crippen LogP contribution in [-0.2, 0) is 5.41 Å². The van der Waals surface area contributed by atoms with E-state index < -0.39 is 5.41 Å². The van der Waals surface area contributed by atoms with Gasteiger partial charge in [0, 0.05) is 32.8 Å². The van der Waals surface area contributed by atoms with E-state index >= 15 is 0 Å². The van der Waals surface area contributed by atoms with Gasteiger partial charge in [-0.2, -0.15) is 0 Å². The van der Waals surface area contributed by atoms with Crippen molar-refractivity contribution in [3.05, 3.63) is 191 Å². The molecule has 1 aliphatic carbocycles. The molecule has 2 aliphatic rings. The maximum atomic E-state index is 4.80. The first-order valence-electron chi connectivity index (χ1n) is 18.4. The molecule has 258 valence electrons. The molecule has 2 aromatic heterocycles. The fourth-order valence-corrected chi connectivity index (χ4v) is 10.1. The van der Waals surface area contributed by atoms with Crippen molar-refractivity contribution in [1.82, 2.24) is 19.9 Å². The molecule has 1 spiro atoms. The average Bonchev–Trinajstić information content (AvgIpc) is 3.48. The molecule has 8 aromatic rings. The van der Waals surface area contributed by atoms with E-state index in [9.17, 15) is 0 Å². The quantitative estimate of drug-likeness (QED) is 0.182. The summed E-state index contributed by atoms with van der Waals surface area (Å²) in [6.45, 7) is 8.06. The van der Waals surface area contributed by atoms with Crippen molar-refractivity contribution in [1.29, 1.82) is 0 Å². The molecule has 10 rings (SSSR count). The van der Waals surface area contributed by atoms with Crippen LogP contribution in [0.15, 0.2) is 156 Å². The van der Waals surface area contributed by atoms with Gasteiger partial charge in [0.15, 0.2) is 5.82 Å². The largest absolute Gasteiger partial charge is 0.261 e. The Labute approximate surface area is 320 Å². The highest BCUT2D eigenvalue weighted by molar-refractivity contribution is 7.99. The lowest BCUT2D eigenvalue weighted by Gasteiger charge is -2.40. The summed E-state index contributed by atoms with van der Waals surface area (Å²) in [5.74, 6) is 2.15. The van der Waals surface area contributed by atoms with Crippen molar-refractivity contribution in [2.45, 2.75) is 42.9 Å². The van der Waals surface area contributed by atoms with E-state index in [0.717, 1.165) is 28.5 Å². The van der Waals surface area contributed by atoms with Gasteiger partial charge in [0.1, 0.15) is 11.6 Å². The number of nitrogens with zero attached hydrogens (tertiary/aromatic N) is 4. The van der Waals surface area contributed by atoms with Crippen molar-refractivity contribution >= 4 is 11.8 Å². The summed E-state index contributed by atoms with van der Waals surface area (Å²) >= 11 is 1.88. The Kier molecular flexibility index (Phi) is 7.50. The summed E-state index contributed by atoms with van der Waals surface area (Å²) in [5, 5.41) is 0. The van der Waals surface area contributed by atoms with Crippen LogP contribution in [0.5, 0.6) is 0 Å². The van der Waals surface area contributed by atoms with E-state index in [-0.39, 0.29) is 0 Å². The molecule has 0 saturated heterocycles. The summed E-state index contributed by atoms with van der Waals surface area (Å²) in [7, 11) is 0. The van der Waals surface area contributed by atoms with Gasteiger partial charge in [-0.05, 0) is 119 Å². The number of rotatable bonds is 4. The Hall–Kier alpha value is -6.17. The summed E-state index contributed by atoms with van der Waals surface area (Å²) < 4.78 is 0. The van der Waals surface area contributed by atoms with Crippen LogP contribution in [0.4, 0.5) is 0 Å². The molecule has 0 N–H and O–H groups in total. The van der Waals surface area contributed by atoms with E-state index in [2.05, 4.69) is 163 Å². The average molecular weight is 713 g/mol. The molecule has 54 heavy (non-hydrogen) atoms. The first kappa shape index (κ1) is 32.5. The van der Waals surface area contributed by atoms with Crippen molar-refractivity contribution in [2.24, 2.45) is 0 Å². The molecule has 0 amide bonds. The Morgan fingerprint density at radius 1 is 0.444 bits per heavy atom. The van der Waals surface area contributed by atoms with Crippen LogP contribution in [-0.4, -0.2) is 19.9 Å². The number of fused-ring (bicyclic) bond motifs is 9. The lowest BCUT2D eigenvalue weighted by Crippen LogP contribution is -2.32. The van der Waals surface area contributed by atoms with Gasteiger partial charge in [0.2, 0.25) is 0 Å². The highest BCUT2D eigenvalue weighted by atomic mass is 32.2. The Morgan fingerprint density at radius 3 is 1.89 bits per heavy atom. The van der Waals surface area contributed by atoms with Crippen LogP contribution in [0.2, 0.25) is 0 Å². The fraction of sp³-hybridized carbons (Fsp3) is 0.102. The zero-order valence-corrected chi connectivity index (χ0v) is 31.4. The van der Waals surface area contributed by atoms with Crippen molar-refractivity contribution in [3.63, 3.8) is 0 Å². The second-order valence-corrected chi connectivity index (χ2v) is 15.4. The predicted molar refractivity (Wildman–Crippen MR) is 220 cm³/mol. The maximum absolute atomic E-state index is 4.80. The number of aromatic nitrogens is 4. The van der Waals surface area contributed by atoms with Gasteiger partial charge in [-0.25, -0.2) is 15.0 Å². The first-order chi connectivity index (χ1) is 26.4. The summed E-state index contributed by atoms with van der Waals surface area (Å²) in [5.41, 5.74) is 17.5. The maximum Gasteiger partial charge on any atom is 0.163 e. The van der Waals surface area contributed by atoms with E-state index in [4.69, 9.17) is 9.97 Å². The van der Waals surface area contributed by atoms with Gasteiger partial charge in [-0.15, -0.1) is 0 Å². The lowest BCUT2D eigenvalue weighted by atomic mass is 9.66. The zero-order chi connectivity index (χ0) is 36.6. The number of hydrogen-bond acceptors (Lipinski definition) is 5. The molecule has 0 radical (unpaired) electrons. The van der Waals surface area contributed by atoms with Crippen molar-refractivity contribution in [3.8, 4) is 55.9 Å². The Bertz CT molecular complexity index is 2800. The van der Waals surface area contributed by atoms with Gasteiger partial charge in [-0.3, -0.25) is 4.98 Å². The molecule has 3 heterocycles. The third-order valence-electron chi connectivity index (χ3n) is 11.0. The number of benzene rings is 6. The molecule has 0 fully saturated rings. The molecule has 0 bridgehead atoms. The molecule has 0 saturated carbocycles. The van der Waals surface area contributed by atoms with Crippen LogP contribution in [0, 0.1) is 27.7 Å². The summed E-state index contributed by atoms with van der Waals surface area (Å²) in [6, 6.07) is 51.6. The molecule has 1 unspecified atom stereocenters. The number of pyridine rings is 1. The standard InChI is InChI=1S/C49H36N4S/c1-29-25-41(30(2)50-28-29)34-14-11-13-33(26-34)36-15-5-6-16-37(36)40-18-12-21-44-47(40)54-46-22-10-9-20-43(46)49(44)42-19-8-7-17-38(42)39-24-23-35(27-45(39)49)48-52-31(3)51-32(4)53-48/h5-28H,1-4H3. The molecule has 5 heteroatoms. The molecular weight excluding hydrogens is 677 g/mol. The van der Waals surface area contributed by atoms with Crippen molar-refractivity contribution < 1.29 is 0 Å². The van der Waals surface area contributed by atoms with Gasteiger partial charge in [-0.1, -0.05) is 127 Å². The first-order valence-corrected chi connectivity index (χ1v) is 19.2. The van der Waals surface area contributed by atoms with Crippen molar-refractivity contribution in [2.75, 3.05) is 0 Å². The monoisotopic (exact) mass is 712 g/mol. The fourth-order valence-electron chi connectivity index (χ4n) is 8.77. The van der Waals surface area contributed by atoms with Gasteiger partial charge in [0.05, 0.1) is 5.41 Å². The van der Waals surface area contributed by atoms with Crippen LogP contribution >= 0.6 is 11.8 Å². The molecular formula is C49H36N4S. The predicted octanol–water partition coefficient (Wildman–Crippen LogP) is 12.0. The third-order valence-corrected chi connectivity index (χ3v) is 12.2. The minimum absolute atomic E-state index is 0.545. The van der Waals surface area contributed by atoms with E-state index in [1.807, 2.05) is 31.8 Å². The van der Waals surface area contributed by atoms with Crippen LogP contribution in [0.25, 0.3) is 55.9 Å². The van der Waals surface area contributed by atoms with Gasteiger partial charge >= 0.3 is 0 Å². The van der Waals surface area contributed by atoms with E-state index in [0.29, 0.717) is 5.82 Å². The normalized spacial score (nSPS) is 15.0. The van der Waals surface area contributed by atoms with Crippen LogP contribution in [0.3, 0.4) is 0 Å². The minimum Gasteiger partial charge on any atom is -0.261 e. The topological polar surface area (TPSA) is 51.6 Å². The SMILES string of the molecule is Cc1cnc(C)c(-c2cccc(-c3ccccc3-c3cccc4c3Sc3ccccc3C43c4ccccc4-c4ccc(-c5nc(C)nc(C)n5)cc43)c2)c1. The van der Waals surface area contributed by atoms with E-state index in [1.165, 1.54) is 76.6 Å². The van der Waals surface area contributed by atoms with E-state index in [1.54, 1.807) is 0 Å². The Morgan fingerprint density at radius 2 is 1.07 bits per heavy atom. The highest BCUT2D eigenvalue weighted by Gasteiger charge is 2.50. The zero-order valence-electron chi connectivity index (χ0n) is 30.6. The van der Waals surface area contributed by atoms with Gasteiger partial charge < -0.3 is 0 Å². The molecule has 4 nitrogen and oxygen atoms in total. The number of aryl methyl sites for hydroxylation is 4. The minimum atomic E-state index is -0.545. The third kappa shape index (κ3) is 4.92. The number of hydrogen-bond donors (Lipinski definition) is 0.